The molecule has 1 aliphatic heterocycles. The third-order valence-corrected chi connectivity index (χ3v) is 5.39. The summed E-state index contributed by atoms with van der Waals surface area (Å²) in [6.45, 7) is 0.297. The normalized spacial score (nSPS) is 18.9. The Labute approximate surface area is 185 Å². The van der Waals surface area contributed by atoms with Crippen molar-refractivity contribution in [1.82, 2.24) is 10.2 Å². The lowest BCUT2D eigenvalue weighted by Gasteiger charge is -2.25. The van der Waals surface area contributed by atoms with Gasteiger partial charge in [0.05, 0.1) is 0 Å². The molecule has 1 aliphatic rings. The molecule has 1 heterocycles. The SMILES string of the molecule is O=C(O)[C@H](Cc1ccc(O)cc1)NC(=O)[C@@H]1C[C@@H](S)CN1C(=O)OCc1ccccc1. The Morgan fingerprint density at radius 2 is 1.77 bits per heavy atom. The maximum Gasteiger partial charge on any atom is 0.410 e. The van der Waals surface area contributed by atoms with Crippen LogP contribution in [-0.4, -0.2) is 57.0 Å². The number of carbonyl (C=O) groups excluding carboxylic acids is 2. The molecule has 0 aliphatic carbocycles. The molecule has 3 atom stereocenters. The van der Waals surface area contributed by atoms with E-state index in [4.69, 9.17) is 4.74 Å². The van der Waals surface area contributed by atoms with E-state index in [1.807, 2.05) is 30.3 Å². The van der Waals surface area contributed by atoms with Gasteiger partial charge in [0.25, 0.3) is 0 Å². The average molecular weight is 445 g/mol. The molecule has 0 unspecified atom stereocenters. The summed E-state index contributed by atoms with van der Waals surface area (Å²) in [4.78, 5) is 38.4. The number of carboxylic acid groups (broad SMARTS) is 1. The van der Waals surface area contributed by atoms with Gasteiger partial charge in [0.15, 0.2) is 0 Å². The number of amides is 2. The quantitative estimate of drug-likeness (QED) is 0.487. The van der Waals surface area contributed by atoms with E-state index in [0.29, 0.717) is 12.0 Å². The lowest BCUT2D eigenvalue weighted by molar-refractivity contribution is -0.142. The third-order valence-electron chi connectivity index (χ3n) is 5.01. The molecule has 2 amide bonds. The van der Waals surface area contributed by atoms with Crippen LogP contribution in [0.2, 0.25) is 0 Å². The van der Waals surface area contributed by atoms with E-state index in [0.717, 1.165) is 5.56 Å². The number of likely N-dealkylation sites (tertiary alicyclic amines) is 1. The number of phenolic OH excluding ortho intramolecular Hbond substituents is 1. The molecular weight excluding hydrogens is 420 g/mol. The van der Waals surface area contributed by atoms with E-state index < -0.39 is 30.1 Å². The van der Waals surface area contributed by atoms with Gasteiger partial charge in [-0.1, -0.05) is 42.5 Å². The highest BCUT2D eigenvalue weighted by Gasteiger charge is 2.40. The van der Waals surface area contributed by atoms with Gasteiger partial charge in [0.2, 0.25) is 5.91 Å². The molecule has 2 aromatic rings. The fourth-order valence-electron chi connectivity index (χ4n) is 3.40. The van der Waals surface area contributed by atoms with Gasteiger partial charge in [0, 0.05) is 18.2 Å². The standard InChI is InChI=1S/C22H24N2O6S/c25-16-8-6-14(7-9-16)10-18(21(27)28)23-20(26)19-11-17(31)12-24(19)22(29)30-13-15-4-2-1-3-5-15/h1-9,17-19,25,31H,10-13H2,(H,23,26)(H,27,28)/t17-,18+,19+/m1/s1. The van der Waals surface area contributed by atoms with Gasteiger partial charge in [-0.25, -0.2) is 9.59 Å². The number of nitrogens with zero attached hydrogens (tertiary/aromatic N) is 1. The Hall–Kier alpha value is -3.20. The highest BCUT2D eigenvalue weighted by molar-refractivity contribution is 7.81. The number of hydrogen-bond donors (Lipinski definition) is 4. The number of aliphatic carboxylic acids is 1. The zero-order chi connectivity index (χ0) is 22.4. The van der Waals surface area contributed by atoms with E-state index in [1.54, 1.807) is 12.1 Å². The van der Waals surface area contributed by atoms with Gasteiger partial charge >= 0.3 is 12.1 Å². The van der Waals surface area contributed by atoms with Crippen LogP contribution < -0.4 is 5.32 Å². The number of nitrogens with one attached hydrogen (secondary N) is 1. The topological polar surface area (TPSA) is 116 Å². The Balaban J connectivity index is 1.63. The molecule has 0 aromatic heterocycles. The number of rotatable bonds is 7. The van der Waals surface area contributed by atoms with Crippen LogP contribution in [0.4, 0.5) is 4.79 Å². The number of thiol groups is 1. The zero-order valence-corrected chi connectivity index (χ0v) is 17.6. The maximum absolute atomic E-state index is 12.8. The van der Waals surface area contributed by atoms with Crippen molar-refractivity contribution in [3.63, 3.8) is 0 Å². The van der Waals surface area contributed by atoms with E-state index in [2.05, 4.69) is 17.9 Å². The van der Waals surface area contributed by atoms with Crippen LogP contribution in [-0.2, 0) is 27.4 Å². The van der Waals surface area contributed by atoms with Crippen molar-refractivity contribution in [1.29, 1.82) is 0 Å². The third kappa shape index (κ3) is 6.14. The monoisotopic (exact) mass is 444 g/mol. The van der Waals surface area contributed by atoms with E-state index in [1.165, 1.54) is 17.0 Å². The molecule has 3 N–H and O–H groups in total. The molecule has 8 nitrogen and oxygen atoms in total. The van der Waals surface area contributed by atoms with Gasteiger partial charge in [0.1, 0.15) is 24.4 Å². The molecule has 9 heteroatoms. The first kappa shape index (κ1) is 22.5. The molecule has 0 bridgehead atoms. The van der Waals surface area contributed by atoms with E-state index in [9.17, 15) is 24.6 Å². The van der Waals surface area contributed by atoms with Crippen LogP contribution in [0.25, 0.3) is 0 Å². The summed E-state index contributed by atoms with van der Waals surface area (Å²) in [5.74, 6) is -1.70. The Morgan fingerprint density at radius 3 is 2.42 bits per heavy atom. The number of carboxylic acids is 1. The molecular formula is C22H24N2O6S. The van der Waals surface area contributed by atoms with Crippen molar-refractivity contribution < 1.29 is 29.3 Å². The fraction of sp³-hybridized carbons (Fsp3) is 0.318. The van der Waals surface area contributed by atoms with Crippen LogP contribution in [0.5, 0.6) is 5.75 Å². The lowest BCUT2D eigenvalue weighted by Crippen LogP contribution is -2.51. The molecule has 0 radical (unpaired) electrons. The molecule has 1 fully saturated rings. The largest absolute Gasteiger partial charge is 0.508 e. The second-order valence-electron chi connectivity index (χ2n) is 7.37. The Bertz CT molecular complexity index is 921. The molecule has 0 saturated carbocycles. The van der Waals surface area contributed by atoms with E-state index in [-0.39, 0.29) is 30.6 Å². The molecule has 3 rings (SSSR count). The van der Waals surface area contributed by atoms with Crippen LogP contribution in [0.15, 0.2) is 54.6 Å². The predicted octanol–water partition coefficient (Wildman–Crippen LogP) is 2.21. The first-order chi connectivity index (χ1) is 14.8. The second-order valence-corrected chi connectivity index (χ2v) is 8.10. The van der Waals surface area contributed by atoms with Crippen LogP contribution in [0.1, 0.15) is 17.5 Å². The summed E-state index contributed by atoms with van der Waals surface area (Å²) in [7, 11) is 0. The molecule has 0 spiro atoms. The van der Waals surface area contributed by atoms with Gasteiger partial charge in [-0.15, -0.1) is 0 Å². The highest BCUT2D eigenvalue weighted by atomic mass is 32.1. The molecule has 31 heavy (non-hydrogen) atoms. The van der Waals surface area contributed by atoms with Crippen LogP contribution in [0, 0.1) is 0 Å². The van der Waals surface area contributed by atoms with Crippen LogP contribution >= 0.6 is 12.6 Å². The minimum absolute atomic E-state index is 0.0385. The summed E-state index contributed by atoms with van der Waals surface area (Å²) >= 11 is 4.39. The van der Waals surface area contributed by atoms with Gasteiger partial charge in [-0.2, -0.15) is 12.6 Å². The lowest BCUT2D eigenvalue weighted by atomic mass is 10.0. The first-order valence-corrected chi connectivity index (χ1v) is 10.3. The van der Waals surface area contributed by atoms with Crippen molar-refractivity contribution in [3.05, 3.63) is 65.7 Å². The summed E-state index contributed by atoms with van der Waals surface area (Å²) in [6, 6.07) is 13.2. The highest BCUT2D eigenvalue weighted by Crippen LogP contribution is 2.23. The van der Waals surface area contributed by atoms with Gasteiger partial charge < -0.3 is 20.3 Å². The molecule has 2 aromatic carbocycles. The Kier molecular flexibility index (Phi) is 7.41. The Morgan fingerprint density at radius 1 is 1.10 bits per heavy atom. The average Bonchev–Trinajstić information content (AvgIpc) is 3.15. The van der Waals surface area contributed by atoms with Crippen LogP contribution in [0.3, 0.4) is 0 Å². The second kappa shape index (κ2) is 10.2. The number of ether oxygens (including phenoxy) is 1. The number of benzene rings is 2. The minimum atomic E-state index is -1.19. The van der Waals surface area contributed by atoms with Crippen molar-refractivity contribution in [2.75, 3.05) is 6.54 Å². The minimum Gasteiger partial charge on any atom is -0.508 e. The number of phenols is 1. The summed E-state index contributed by atoms with van der Waals surface area (Å²) < 4.78 is 5.33. The van der Waals surface area contributed by atoms with Gasteiger partial charge in [-0.3, -0.25) is 9.69 Å². The number of hydrogen-bond acceptors (Lipinski definition) is 6. The molecule has 164 valence electrons. The fourth-order valence-corrected chi connectivity index (χ4v) is 3.78. The van der Waals surface area contributed by atoms with Crippen molar-refractivity contribution >= 4 is 30.6 Å². The molecule has 1 saturated heterocycles. The summed E-state index contributed by atoms with van der Waals surface area (Å²) in [6.07, 6.45) is -0.316. The van der Waals surface area contributed by atoms with Crippen molar-refractivity contribution in [2.45, 2.75) is 36.8 Å². The summed E-state index contributed by atoms with van der Waals surface area (Å²) in [5, 5.41) is 21.2. The zero-order valence-electron chi connectivity index (χ0n) is 16.7. The number of carbonyl (C=O) groups is 3. The van der Waals surface area contributed by atoms with Crippen molar-refractivity contribution in [3.8, 4) is 5.75 Å². The van der Waals surface area contributed by atoms with Gasteiger partial charge in [-0.05, 0) is 29.7 Å². The smallest absolute Gasteiger partial charge is 0.410 e. The maximum atomic E-state index is 12.8. The predicted molar refractivity (Wildman–Crippen MR) is 116 cm³/mol. The van der Waals surface area contributed by atoms with Crippen molar-refractivity contribution in [2.24, 2.45) is 0 Å². The van der Waals surface area contributed by atoms with E-state index >= 15 is 0 Å². The summed E-state index contributed by atoms with van der Waals surface area (Å²) in [5.41, 5.74) is 1.46. The number of aromatic hydroxyl groups is 1. The first-order valence-electron chi connectivity index (χ1n) is 9.80.